The Balaban J connectivity index is 2.22. The average molecular weight is 206 g/mol. The molecule has 0 aliphatic carbocycles. The van der Waals surface area contributed by atoms with Crippen molar-refractivity contribution < 1.29 is 9.53 Å². The van der Waals surface area contributed by atoms with Gasteiger partial charge in [-0.2, -0.15) is 0 Å². The third kappa shape index (κ3) is 2.27. The van der Waals surface area contributed by atoms with E-state index in [1.807, 2.05) is 24.3 Å². The lowest BCUT2D eigenvalue weighted by molar-refractivity contribution is -0.121. The molecule has 1 aromatic carbocycles. The number of hydrogen-bond acceptors (Lipinski definition) is 3. The van der Waals surface area contributed by atoms with E-state index in [2.05, 4.69) is 5.32 Å². The smallest absolute Gasteiger partial charge is 0.222 e. The van der Waals surface area contributed by atoms with E-state index in [0.29, 0.717) is 25.3 Å². The van der Waals surface area contributed by atoms with E-state index >= 15 is 0 Å². The summed E-state index contributed by atoms with van der Waals surface area (Å²) >= 11 is 0. The van der Waals surface area contributed by atoms with Crippen LogP contribution in [0.3, 0.4) is 0 Å². The topological polar surface area (TPSA) is 64.3 Å². The molecule has 1 amide bonds. The van der Waals surface area contributed by atoms with Crippen LogP contribution in [-0.4, -0.2) is 19.1 Å². The van der Waals surface area contributed by atoms with Gasteiger partial charge in [0, 0.05) is 12.1 Å². The lowest BCUT2D eigenvalue weighted by Crippen LogP contribution is -2.28. The van der Waals surface area contributed by atoms with E-state index in [-0.39, 0.29) is 11.9 Å². The Hall–Kier alpha value is -1.55. The monoisotopic (exact) mass is 206 g/mol. The third-order valence-electron chi connectivity index (χ3n) is 2.46. The van der Waals surface area contributed by atoms with Gasteiger partial charge in [0.1, 0.15) is 0 Å². The highest BCUT2D eigenvalue weighted by atomic mass is 16.5. The minimum absolute atomic E-state index is 0.0146. The molecule has 1 aliphatic rings. The first-order chi connectivity index (χ1) is 7.27. The van der Waals surface area contributed by atoms with Crippen molar-refractivity contribution in [2.75, 3.05) is 18.9 Å². The van der Waals surface area contributed by atoms with Crippen LogP contribution >= 0.6 is 0 Å². The quantitative estimate of drug-likeness (QED) is 0.669. The van der Waals surface area contributed by atoms with Crippen LogP contribution in [-0.2, 0) is 9.53 Å². The van der Waals surface area contributed by atoms with Gasteiger partial charge in [-0.05, 0) is 11.6 Å². The molecule has 4 nitrogen and oxygen atoms in total. The Morgan fingerprint density at radius 3 is 3.00 bits per heavy atom. The Kier molecular flexibility index (Phi) is 2.87. The highest BCUT2D eigenvalue weighted by molar-refractivity contribution is 5.77. The molecule has 1 aromatic rings. The van der Waals surface area contributed by atoms with Gasteiger partial charge in [0.25, 0.3) is 0 Å². The van der Waals surface area contributed by atoms with Gasteiger partial charge in [-0.3, -0.25) is 4.79 Å². The summed E-state index contributed by atoms with van der Waals surface area (Å²) in [6.07, 6.45) is 0.420. The van der Waals surface area contributed by atoms with Crippen molar-refractivity contribution in [2.45, 2.75) is 12.5 Å². The van der Waals surface area contributed by atoms with E-state index in [1.54, 1.807) is 0 Å². The number of rotatable bonds is 1. The highest BCUT2D eigenvalue weighted by Crippen LogP contribution is 2.21. The highest BCUT2D eigenvalue weighted by Gasteiger charge is 2.19. The van der Waals surface area contributed by atoms with E-state index in [1.165, 1.54) is 0 Å². The minimum Gasteiger partial charge on any atom is -0.398 e. The van der Waals surface area contributed by atoms with Crippen LogP contribution in [0.2, 0.25) is 0 Å². The number of carbonyl (C=O) groups excluding carboxylic acids is 1. The lowest BCUT2D eigenvalue weighted by atomic mass is 10.1. The van der Waals surface area contributed by atoms with Gasteiger partial charge in [-0.15, -0.1) is 0 Å². The summed E-state index contributed by atoms with van der Waals surface area (Å²) in [5.74, 6) is 0.0146. The van der Waals surface area contributed by atoms with Crippen LogP contribution in [0.4, 0.5) is 5.69 Å². The van der Waals surface area contributed by atoms with Gasteiger partial charge in [-0.25, -0.2) is 0 Å². The summed E-state index contributed by atoms with van der Waals surface area (Å²) in [5.41, 5.74) is 7.45. The third-order valence-corrected chi connectivity index (χ3v) is 2.46. The second kappa shape index (κ2) is 4.31. The molecule has 1 saturated heterocycles. The molecule has 3 N–H and O–H groups in total. The van der Waals surface area contributed by atoms with E-state index < -0.39 is 0 Å². The van der Waals surface area contributed by atoms with E-state index in [4.69, 9.17) is 10.5 Å². The fourth-order valence-corrected chi connectivity index (χ4v) is 1.67. The van der Waals surface area contributed by atoms with Crippen LogP contribution in [0, 0.1) is 0 Å². The molecule has 4 heteroatoms. The fourth-order valence-electron chi connectivity index (χ4n) is 1.67. The Morgan fingerprint density at radius 1 is 1.40 bits per heavy atom. The minimum atomic E-state index is -0.124. The van der Waals surface area contributed by atoms with Crippen molar-refractivity contribution in [3.8, 4) is 0 Å². The van der Waals surface area contributed by atoms with Gasteiger partial charge in [0.15, 0.2) is 0 Å². The van der Waals surface area contributed by atoms with Crippen LogP contribution in [0.5, 0.6) is 0 Å². The zero-order valence-corrected chi connectivity index (χ0v) is 8.40. The molecule has 1 heterocycles. The molecule has 15 heavy (non-hydrogen) atoms. The Labute approximate surface area is 88.4 Å². The number of nitrogens with one attached hydrogen (secondary N) is 1. The first kappa shape index (κ1) is 9.98. The van der Waals surface area contributed by atoms with Crippen LogP contribution < -0.4 is 11.1 Å². The number of carbonyl (C=O) groups is 1. The first-order valence-corrected chi connectivity index (χ1v) is 4.99. The van der Waals surface area contributed by atoms with Crippen molar-refractivity contribution in [1.29, 1.82) is 0 Å². The molecule has 1 unspecified atom stereocenters. The number of nitrogens with two attached hydrogens (primary N) is 1. The zero-order chi connectivity index (χ0) is 10.7. The maximum Gasteiger partial charge on any atom is 0.222 e. The number of amides is 1. The van der Waals surface area contributed by atoms with E-state index in [9.17, 15) is 4.79 Å². The number of hydrogen-bond donors (Lipinski definition) is 2. The van der Waals surface area contributed by atoms with Crippen molar-refractivity contribution >= 4 is 11.6 Å². The fraction of sp³-hybridized carbons (Fsp3) is 0.364. The van der Waals surface area contributed by atoms with Crippen molar-refractivity contribution in [2.24, 2.45) is 0 Å². The largest absolute Gasteiger partial charge is 0.398 e. The molecule has 0 saturated carbocycles. The standard InChI is InChI=1S/C11H14N2O2/c12-9-4-2-1-3-8(9)10-7-15-6-5-11(14)13-10/h1-4,10H,5-7,12H2,(H,13,14). The molecule has 1 aliphatic heterocycles. The van der Waals surface area contributed by atoms with Gasteiger partial charge >= 0.3 is 0 Å². The van der Waals surface area contributed by atoms with Gasteiger partial charge in [-0.1, -0.05) is 18.2 Å². The maximum atomic E-state index is 11.3. The molecule has 0 radical (unpaired) electrons. The Morgan fingerprint density at radius 2 is 2.20 bits per heavy atom. The molecule has 1 fully saturated rings. The molecule has 2 rings (SSSR count). The molecular weight excluding hydrogens is 192 g/mol. The normalized spacial score (nSPS) is 21.9. The number of para-hydroxylation sites is 1. The molecule has 0 aromatic heterocycles. The zero-order valence-electron chi connectivity index (χ0n) is 8.40. The second-order valence-corrected chi connectivity index (χ2v) is 3.57. The predicted molar refractivity (Wildman–Crippen MR) is 57.2 cm³/mol. The summed E-state index contributed by atoms with van der Waals surface area (Å²) in [7, 11) is 0. The summed E-state index contributed by atoms with van der Waals surface area (Å²) < 4.78 is 5.35. The van der Waals surface area contributed by atoms with Crippen molar-refractivity contribution in [3.05, 3.63) is 29.8 Å². The molecule has 1 atom stereocenters. The molecular formula is C11H14N2O2. The molecule has 0 spiro atoms. The summed E-state index contributed by atoms with van der Waals surface area (Å²) in [6.45, 7) is 0.967. The summed E-state index contributed by atoms with van der Waals surface area (Å²) in [5, 5.41) is 2.89. The number of benzene rings is 1. The SMILES string of the molecule is Nc1ccccc1C1COCCC(=O)N1. The van der Waals surface area contributed by atoms with Crippen molar-refractivity contribution in [1.82, 2.24) is 5.32 Å². The molecule has 80 valence electrons. The average Bonchev–Trinajstić information content (AvgIpc) is 2.43. The maximum absolute atomic E-state index is 11.3. The van der Waals surface area contributed by atoms with Crippen molar-refractivity contribution in [3.63, 3.8) is 0 Å². The van der Waals surface area contributed by atoms with Gasteiger partial charge in [0.2, 0.25) is 5.91 Å². The first-order valence-electron chi connectivity index (χ1n) is 4.99. The van der Waals surface area contributed by atoms with Gasteiger partial charge in [0.05, 0.1) is 19.3 Å². The van der Waals surface area contributed by atoms with Crippen LogP contribution in [0.25, 0.3) is 0 Å². The molecule has 0 bridgehead atoms. The summed E-state index contributed by atoms with van der Waals surface area (Å²) in [4.78, 5) is 11.3. The Bertz CT molecular complexity index is 365. The second-order valence-electron chi connectivity index (χ2n) is 3.57. The van der Waals surface area contributed by atoms with Gasteiger partial charge < -0.3 is 15.8 Å². The summed E-state index contributed by atoms with van der Waals surface area (Å²) in [6, 6.07) is 7.39. The lowest BCUT2D eigenvalue weighted by Gasteiger charge is -2.17. The predicted octanol–water partition coefficient (Wildman–Crippen LogP) is 0.846. The van der Waals surface area contributed by atoms with E-state index in [0.717, 1.165) is 5.56 Å². The van der Waals surface area contributed by atoms with Crippen LogP contribution in [0.15, 0.2) is 24.3 Å². The number of nitrogen functional groups attached to an aromatic ring is 1. The number of ether oxygens (including phenoxy) is 1. The number of anilines is 1. The van der Waals surface area contributed by atoms with Crippen LogP contribution in [0.1, 0.15) is 18.0 Å².